The third kappa shape index (κ3) is 4.05. The Balaban J connectivity index is 1.26. The summed E-state index contributed by atoms with van der Waals surface area (Å²) in [6, 6.07) is 21.7. The zero-order valence-corrected chi connectivity index (χ0v) is 17.0. The van der Waals surface area contributed by atoms with E-state index in [4.69, 9.17) is 9.67 Å². The molecule has 1 aliphatic heterocycles. The number of hydrogen-bond acceptors (Lipinski definition) is 6. The number of nitrogens with one attached hydrogen (secondary N) is 1. The van der Waals surface area contributed by atoms with Crippen molar-refractivity contribution in [3.05, 3.63) is 82.8 Å². The summed E-state index contributed by atoms with van der Waals surface area (Å²) in [7, 11) is 0. The minimum Gasteiger partial charge on any atom is -0.406 e. The van der Waals surface area contributed by atoms with Gasteiger partial charge in [-0.25, -0.2) is 10.1 Å². The zero-order valence-electron chi connectivity index (χ0n) is 17.0. The predicted octanol–water partition coefficient (Wildman–Crippen LogP) is 3.96. The zero-order chi connectivity index (χ0) is 21.2. The van der Waals surface area contributed by atoms with E-state index in [-0.39, 0.29) is 0 Å². The topological polar surface area (TPSA) is 81.9 Å². The molecule has 0 radical (unpaired) electrons. The number of fused-ring (bicyclic) bond motifs is 1. The molecule has 2 N–H and O–H groups in total. The van der Waals surface area contributed by atoms with Crippen molar-refractivity contribution < 1.29 is 14.6 Å². The molecule has 0 atom stereocenters. The van der Waals surface area contributed by atoms with E-state index < -0.39 is 5.76 Å². The van der Waals surface area contributed by atoms with E-state index in [1.807, 2.05) is 30.3 Å². The largest absolute Gasteiger partial charge is 0.417 e. The first-order chi connectivity index (χ1) is 15.2. The van der Waals surface area contributed by atoms with Gasteiger partial charge in [-0.3, -0.25) is 9.88 Å². The Labute approximate surface area is 179 Å². The SMILES string of the molecule is O=c1[nH]c2cccc(N3CCN(Cc4cccc(-c5ccc(OO)cc5)c4)CC3)c2o1. The van der Waals surface area contributed by atoms with Crippen LogP contribution in [0.15, 0.2) is 75.9 Å². The van der Waals surface area contributed by atoms with Gasteiger partial charge in [0, 0.05) is 32.7 Å². The van der Waals surface area contributed by atoms with Crippen molar-refractivity contribution in [3.8, 4) is 16.9 Å². The fourth-order valence-electron chi connectivity index (χ4n) is 4.17. The third-order valence-electron chi connectivity index (χ3n) is 5.76. The normalized spacial score (nSPS) is 14.8. The van der Waals surface area contributed by atoms with Crippen LogP contribution in [0.5, 0.6) is 5.75 Å². The molecule has 0 spiro atoms. The van der Waals surface area contributed by atoms with Crippen LogP contribution in [0.25, 0.3) is 22.2 Å². The van der Waals surface area contributed by atoms with E-state index in [1.165, 1.54) is 5.56 Å². The lowest BCUT2D eigenvalue weighted by molar-refractivity contribution is -0.137. The molecule has 5 rings (SSSR count). The average Bonchev–Trinajstić information content (AvgIpc) is 3.20. The monoisotopic (exact) mass is 417 g/mol. The maximum atomic E-state index is 11.6. The fourth-order valence-corrected chi connectivity index (χ4v) is 4.17. The summed E-state index contributed by atoms with van der Waals surface area (Å²) in [5.41, 5.74) is 5.80. The molecule has 2 heterocycles. The number of benzene rings is 3. The summed E-state index contributed by atoms with van der Waals surface area (Å²) < 4.78 is 5.36. The Morgan fingerprint density at radius 2 is 1.71 bits per heavy atom. The highest BCUT2D eigenvalue weighted by atomic mass is 17.1. The standard InChI is InChI=1S/C24H23N3O4/c28-24-25-21-5-2-6-22(23(21)30-24)27-13-11-26(12-14-27)16-17-3-1-4-19(15-17)18-7-9-20(31-29)10-8-18/h1-10,15,29H,11-14,16H2,(H,25,28). The highest BCUT2D eigenvalue weighted by Gasteiger charge is 2.20. The van der Waals surface area contributed by atoms with Gasteiger partial charge >= 0.3 is 5.76 Å². The van der Waals surface area contributed by atoms with Crippen LogP contribution < -0.4 is 15.5 Å². The van der Waals surface area contributed by atoms with Crippen LogP contribution in [0, 0.1) is 0 Å². The number of anilines is 1. The van der Waals surface area contributed by atoms with Crippen LogP contribution in [0.2, 0.25) is 0 Å². The summed E-state index contributed by atoms with van der Waals surface area (Å²) in [6.07, 6.45) is 0. The second-order valence-corrected chi connectivity index (χ2v) is 7.75. The van der Waals surface area contributed by atoms with Crippen LogP contribution >= 0.6 is 0 Å². The number of piperazine rings is 1. The maximum absolute atomic E-state index is 11.6. The summed E-state index contributed by atoms with van der Waals surface area (Å²) in [5.74, 6) is 0.00637. The van der Waals surface area contributed by atoms with Gasteiger partial charge in [0.25, 0.3) is 0 Å². The predicted molar refractivity (Wildman–Crippen MR) is 119 cm³/mol. The Kier molecular flexibility index (Phi) is 5.19. The molecule has 1 aliphatic rings. The second kappa shape index (κ2) is 8.29. The van der Waals surface area contributed by atoms with Gasteiger partial charge in [0.1, 0.15) is 0 Å². The lowest BCUT2D eigenvalue weighted by Crippen LogP contribution is -2.46. The highest BCUT2D eigenvalue weighted by molar-refractivity contribution is 5.86. The van der Waals surface area contributed by atoms with Gasteiger partial charge < -0.3 is 14.2 Å². The molecule has 4 aromatic rings. The third-order valence-corrected chi connectivity index (χ3v) is 5.76. The molecule has 0 unspecified atom stereocenters. The number of oxazole rings is 1. The van der Waals surface area contributed by atoms with E-state index in [0.717, 1.165) is 55.1 Å². The summed E-state index contributed by atoms with van der Waals surface area (Å²) in [4.78, 5) is 23.3. The van der Waals surface area contributed by atoms with Crippen molar-refractivity contribution >= 4 is 16.8 Å². The molecule has 31 heavy (non-hydrogen) atoms. The van der Waals surface area contributed by atoms with Crippen LogP contribution in [-0.4, -0.2) is 41.3 Å². The summed E-state index contributed by atoms with van der Waals surface area (Å²) in [5, 5.41) is 8.74. The Hall–Kier alpha value is -3.55. The first kappa shape index (κ1) is 19.4. The number of nitrogens with zero attached hydrogens (tertiary/aromatic N) is 2. The van der Waals surface area contributed by atoms with Gasteiger partial charge in [-0.15, -0.1) is 0 Å². The maximum Gasteiger partial charge on any atom is 0.417 e. The number of hydrogen-bond donors (Lipinski definition) is 2. The van der Waals surface area contributed by atoms with E-state index in [2.05, 4.69) is 43.9 Å². The summed E-state index contributed by atoms with van der Waals surface area (Å²) >= 11 is 0. The van der Waals surface area contributed by atoms with Gasteiger partial charge in [0.05, 0.1) is 11.2 Å². The second-order valence-electron chi connectivity index (χ2n) is 7.75. The number of para-hydroxylation sites is 1. The van der Waals surface area contributed by atoms with Crippen molar-refractivity contribution in [1.82, 2.24) is 9.88 Å². The molecule has 0 saturated carbocycles. The smallest absolute Gasteiger partial charge is 0.406 e. The van der Waals surface area contributed by atoms with Gasteiger partial charge in [0.15, 0.2) is 11.3 Å². The van der Waals surface area contributed by atoms with Crippen LogP contribution in [0.4, 0.5) is 5.69 Å². The van der Waals surface area contributed by atoms with Crippen molar-refractivity contribution in [2.45, 2.75) is 6.54 Å². The Bertz CT molecular complexity index is 1240. The minimum atomic E-state index is -0.417. The quantitative estimate of drug-likeness (QED) is 0.378. The lowest BCUT2D eigenvalue weighted by atomic mass is 10.0. The molecule has 7 heteroatoms. The first-order valence-corrected chi connectivity index (χ1v) is 10.3. The fraction of sp³-hybridized carbons (Fsp3) is 0.208. The molecular weight excluding hydrogens is 394 g/mol. The minimum absolute atomic E-state index is 0.417. The van der Waals surface area contributed by atoms with Crippen LogP contribution in [0.3, 0.4) is 0 Å². The molecule has 0 aliphatic carbocycles. The van der Waals surface area contributed by atoms with E-state index in [1.54, 1.807) is 12.1 Å². The Morgan fingerprint density at radius 3 is 2.48 bits per heavy atom. The molecule has 3 aromatic carbocycles. The number of aromatic nitrogens is 1. The van der Waals surface area contributed by atoms with Gasteiger partial charge in [-0.2, -0.15) is 0 Å². The molecule has 1 saturated heterocycles. The molecule has 0 amide bonds. The lowest BCUT2D eigenvalue weighted by Gasteiger charge is -2.36. The molecule has 0 bridgehead atoms. The van der Waals surface area contributed by atoms with Crippen molar-refractivity contribution in [3.63, 3.8) is 0 Å². The van der Waals surface area contributed by atoms with Gasteiger partial charge in [-0.05, 0) is 47.0 Å². The molecule has 7 nitrogen and oxygen atoms in total. The average molecular weight is 417 g/mol. The van der Waals surface area contributed by atoms with Crippen LogP contribution in [-0.2, 0) is 6.54 Å². The van der Waals surface area contributed by atoms with Gasteiger partial charge in [0.2, 0.25) is 0 Å². The van der Waals surface area contributed by atoms with E-state index in [0.29, 0.717) is 11.3 Å². The number of H-pyrrole nitrogens is 1. The molecule has 1 fully saturated rings. The number of rotatable bonds is 5. The summed E-state index contributed by atoms with van der Waals surface area (Å²) in [6.45, 7) is 4.48. The Morgan fingerprint density at radius 1 is 0.935 bits per heavy atom. The van der Waals surface area contributed by atoms with E-state index in [9.17, 15) is 4.79 Å². The van der Waals surface area contributed by atoms with Crippen molar-refractivity contribution in [2.24, 2.45) is 0 Å². The highest BCUT2D eigenvalue weighted by Crippen LogP contribution is 2.27. The molecule has 1 aromatic heterocycles. The van der Waals surface area contributed by atoms with Crippen molar-refractivity contribution in [2.75, 3.05) is 31.1 Å². The number of aromatic amines is 1. The molecular formula is C24H23N3O4. The first-order valence-electron chi connectivity index (χ1n) is 10.3. The van der Waals surface area contributed by atoms with E-state index >= 15 is 0 Å². The van der Waals surface area contributed by atoms with Crippen LogP contribution in [0.1, 0.15) is 5.56 Å². The van der Waals surface area contributed by atoms with Crippen molar-refractivity contribution in [1.29, 1.82) is 0 Å². The van der Waals surface area contributed by atoms with Gasteiger partial charge in [-0.1, -0.05) is 36.4 Å². The molecule has 158 valence electrons.